The first-order valence-corrected chi connectivity index (χ1v) is 13.6. The molecule has 0 amide bonds. The van der Waals surface area contributed by atoms with Crippen LogP contribution in [0.4, 0.5) is 5.95 Å². The molecule has 0 radical (unpaired) electrons. The van der Waals surface area contributed by atoms with Crippen LogP contribution in [0, 0.1) is 19.3 Å². The number of nitrogens with one attached hydrogen (secondary N) is 2. The summed E-state index contributed by atoms with van der Waals surface area (Å²) in [6.45, 7) is 7.45. The summed E-state index contributed by atoms with van der Waals surface area (Å²) in [4.78, 5) is 21.9. The average molecular weight is 503 g/mol. The van der Waals surface area contributed by atoms with Crippen LogP contribution in [0.25, 0.3) is 11.3 Å². The van der Waals surface area contributed by atoms with E-state index in [1.807, 2.05) is 6.07 Å². The Kier molecular flexibility index (Phi) is 7.04. The van der Waals surface area contributed by atoms with E-state index >= 15 is 0 Å². The van der Waals surface area contributed by atoms with Gasteiger partial charge in [0.1, 0.15) is 0 Å². The van der Waals surface area contributed by atoms with Crippen LogP contribution in [0.15, 0.2) is 53.4 Å². The van der Waals surface area contributed by atoms with Crippen molar-refractivity contribution in [1.29, 1.82) is 0 Å². The Morgan fingerprint density at radius 2 is 1.83 bits per heavy atom. The second-order valence-corrected chi connectivity index (χ2v) is 11.4. The zero-order valence-electron chi connectivity index (χ0n) is 21.2. The number of benzene rings is 2. The van der Waals surface area contributed by atoms with Crippen molar-refractivity contribution in [3.8, 4) is 11.3 Å². The van der Waals surface area contributed by atoms with Crippen molar-refractivity contribution in [3.05, 3.63) is 70.9 Å². The number of aryl methyl sites for hydroxylation is 2. The summed E-state index contributed by atoms with van der Waals surface area (Å²) in [5, 5.41) is 13.0. The minimum atomic E-state index is -0.940. The van der Waals surface area contributed by atoms with E-state index in [4.69, 9.17) is 9.97 Å². The Labute approximate surface area is 217 Å². The Balaban J connectivity index is 1.34. The summed E-state index contributed by atoms with van der Waals surface area (Å²) >= 11 is 1.33. The van der Waals surface area contributed by atoms with Gasteiger partial charge in [0, 0.05) is 22.2 Å². The van der Waals surface area contributed by atoms with E-state index in [0.717, 1.165) is 40.2 Å². The number of hydrogen-bond donors (Lipinski definition) is 3. The lowest BCUT2D eigenvalue weighted by Crippen LogP contribution is -2.42. The molecule has 1 spiro atoms. The van der Waals surface area contributed by atoms with Gasteiger partial charge in [-0.15, -0.1) is 0 Å². The number of carboxylic acids is 1. The van der Waals surface area contributed by atoms with E-state index in [-0.39, 0.29) is 11.5 Å². The fraction of sp³-hybridized carbons (Fsp3) is 0.414. The van der Waals surface area contributed by atoms with E-state index in [9.17, 15) is 9.90 Å². The molecular weight excluding hydrogens is 468 g/mol. The van der Waals surface area contributed by atoms with Gasteiger partial charge in [-0.2, -0.15) is 0 Å². The summed E-state index contributed by atoms with van der Waals surface area (Å²) in [5.74, 6) is -0.130. The Morgan fingerprint density at radius 3 is 2.53 bits per heavy atom. The number of rotatable bonds is 10. The highest BCUT2D eigenvalue weighted by Crippen LogP contribution is 2.60. The molecule has 2 saturated carbocycles. The molecule has 188 valence electrons. The van der Waals surface area contributed by atoms with E-state index < -0.39 is 5.97 Å². The summed E-state index contributed by atoms with van der Waals surface area (Å²) in [5.41, 5.74) is 6.40. The summed E-state index contributed by atoms with van der Waals surface area (Å²) in [7, 11) is 0. The van der Waals surface area contributed by atoms with Crippen molar-refractivity contribution in [2.45, 2.75) is 69.7 Å². The predicted octanol–water partition coefficient (Wildman–Crippen LogP) is 6.60. The predicted molar refractivity (Wildman–Crippen MR) is 146 cm³/mol. The Hall–Kier alpha value is -2.90. The summed E-state index contributed by atoms with van der Waals surface area (Å²) in [6, 6.07) is 16.0. The number of anilines is 1. The Morgan fingerprint density at radius 1 is 1.11 bits per heavy atom. The molecule has 0 saturated heterocycles. The first-order valence-electron chi connectivity index (χ1n) is 12.8. The van der Waals surface area contributed by atoms with Crippen LogP contribution in [0.5, 0.6) is 0 Å². The number of aromatic nitrogens is 2. The molecule has 1 unspecified atom stereocenters. The van der Waals surface area contributed by atoms with Crippen LogP contribution in [-0.2, 0) is 0 Å². The lowest BCUT2D eigenvalue weighted by Gasteiger charge is -2.36. The SMILES string of the molecule is Cc1cccc(C)c1-c1cc(C(C)CCNC2CC3(CC3)C2)nc(NSc2cccc(C(=O)O)c2)n1. The Bertz CT molecular complexity index is 1250. The van der Waals surface area contributed by atoms with Gasteiger partial charge in [-0.1, -0.05) is 31.2 Å². The molecule has 36 heavy (non-hydrogen) atoms. The highest BCUT2D eigenvalue weighted by atomic mass is 32.2. The highest BCUT2D eigenvalue weighted by Gasteiger charge is 2.52. The maximum atomic E-state index is 11.3. The van der Waals surface area contributed by atoms with Crippen molar-refractivity contribution in [3.63, 3.8) is 0 Å². The molecule has 0 bridgehead atoms. The average Bonchev–Trinajstić information content (AvgIpc) is 3.63. The van der Waals surface area contributed by atoms with Gasteiger partial charge in [-0.05, 0) is 111 Å². The van der Waals surface area contributed by atoms with Gasteiger partial charge in [0.15, 0.2) is 0 Å². The summed E-state index contributed by atoms with van der Waals surface area (Å²) in [6.07, 6.45) is 6.57. The van der Waals surface area contributed by atoms with Gasteiger partial charge in [-0.25, -0.2) is 14.8 Å². The van der Waals surface area contributed by atoms with Gasteiger partial charge >= 0.3 is 5.97 Å². The normalized spacial score (nSPS) is 17.0. The molecule has 2 aliphatic rings. The third-order valence-corrected chi connectivity index (χ3v) is 8.43. The molecule has 1 atom stereocenters. The molecule has 0 aliphatic heterocycles. The van der Waals surface area contributed by atoms with E-state index in [2.05, 4.69) is 55.1 Å². The molecule has 2 aliphatic carbocycles. The largest absolute Gasteiger partial charge is 0.478 e. The number of carbonyl (C=O) groups is 1. The molecule has 7 heteroatoms. The quantitative estimate of drug-likeness (QED) is 0.269. The number of aromatic carboxylic acids is 1. The van der Waals surface area contributed by atoms with Gasteiger partial charge < -0.3 is 10.4 Å². The maximum absolute atomic E-state index is 11.3. The molecule has 3 aromatic rings. The fourth-order valence-corrected chi connectivity index (χ4v) is 5.91. The molecule has 1 aromatic heterocycles. The third-order valence-electron chi connectivity index (χ3n) is 7.66. The van der Waals surface area contributed by atoms with Crippen LogP contribution < -0.4 is 10.0 Å². The van der Waals surface area contributed by atoms with E-state index in [1.54, 1.807) is 18.2 Å². The molecule has 1 heterocycles. The van der Waals surface area contributed by atoms with Crippen LogP contribution in [0.3, 0.4) is 0 Å². The van der Waals surface area contributed by atoms with Gasteiger partial charge in [0.2, 0.25) is 5.95 Å². The van der Waals surface area contributed by atoms with Crippen LogP contribution >= 0.6 is 11.9 Å². The zero-order valence-corrected chi connectivity index (χ0v) is 22.0. The first kappa shape index (κ1) is 24.8. The lowest BCUT2D eigenvalue weighted by molar-refractivity contribution is 0.0696. The summed E-state index contributed by atoms with van der Waals surface area (Å²) < 4.78 is 3.27. The minimum absolute atomic E-state index is 0.257. The highest BCUT2D eigenvalue weighted by molar-refractivity contribution is 8.00. The molecule has 5 rings (SSSR count). The second kappa shape index (κ2) is 10.2. The van der Waals surface area contributed by atoms with Gasteiger partial charge in [0.25, 0.3) is 0 Å². The van der Waals surface area contributed by atoms with Crippen molar-refractivity contribution < 1.29 is 9.90 Å². The molecule has 6 nitrogen and oxygen atoms in total. The zero-order chi connectivity index (χ0) is 25.3. The first-order chi connectivity index (χ1) is 17.3. The van der Waals surface area contributed by atoms with E-state index in [0.29, 0.717) is 12.0 Å². The maximum Gasteiger partial charge on any atom is 0.335 e. The minimum Gasteiger partial charge on any atom is -0.478 e. The molecule has 2 fully saturated rings. The fourth-order valence-electron chi connectivity index (χ4n) is 5.27. The molecule has 2 aromatic carbocycles. The topological polar surface area (TPSA) is 87.1 Å². The van der Waals surface area contributed by atoms with E-state index in [1.165, 1.54) is 48.8 Å². The second-order valence-electron chi connectivity index (χ2n) is 10.6. The van der Waals surface area contributed by atoms with Crippen molar-refractivity contribution in [1.82, 2.24) is 15.3 Å². The molecule has 3 N–H and O–H groups in total. The van der Waals surface area contributed by atoms with Crippen molar-refractivity contribution >= 4 is 23.9 Å². The molecular formula is C29H34N4O2S. The van der Waals surface area contributed by atoms with Crippen molar-refractivity contribution in [2.75, 3.05) is 11.3 Å². The third kappa shape index (κ3) is 5.57. The number of nitrogens with zero attached hydrogens (tertiary/aromatic N) is 2. The smallest absolute Gasteiger partial charge is 0.335 e. The van der Waals surface area contributed by atoms with Crippen LogP contribution in [0.2, 0.25) is 0 Å². The number of hydrogen-bond acceptors (Lipinski definition) is 6. The van der Waals surface area contributed by atoms with Gasteiger partial charge in [-0.3, -0.25) is 4.72 Å². The van der Waals surface area contributed by atoms with Crippen LogP contribution in [-0.4, -0.2) is 33.6 Å². The monoisotopic (exact) mass is 502 g/mol. The van der Waals surface area contributed by atoms with Crippen molar-refractivity contribution in [2.24, 2.45) is 5.41 Å². The standard InChI is InChI=1S/C29H34N4O2S/c1-18(10-13-30-22-16-29(17-22)11-12-29)24-15-25(26-19(2)6-4-7-20(26)3)32-28(31-24)33-36-23-9-5-8-21(14-23)27(34)35/h4-9,14-15,18,22,30H,10-13,16-17H2,1-3H3,(H,34,35)(H,31,32,33). The van der Waals surface area contributed by atoms with Crippen LogP contribution in [0.1, 0.15) is 72.1 Å². The lowest BCUT2D eigenvalue weighted by atomic mass is 9.77. The number of carboxylic acid groups (broad SMARTS) is 1. The van der Waals surface area contributed by atoms with Gasteiger partial charge in [0.05, 0.1) is 11.3 Å².